The van der Waals surface area contributed by atoms with Crippen LogP contribution in [0.25, 0.3) is 5.76 Å². The van der Waals surface area contributed by atoms with Crippen molar-refractivity contribution in [3.63, 3.8) is 0 Å². The fraction of sp³-hybridized carbons (Fsp3) is 0.353. The number of benzene rings is 1. The molecular formula is C17H21NO7. The van der Waals surface area contributed by atoms with Gasteiger partial charge in [-0.3, -0.25) is 5.32 Å². The van der Waals surface area contributed by atoms with Crippen LogP contribution >= 0.6 is 0 Å². The minimum Gasteiger partial charge on any atom is -0.506 e. The number of nitrogens with one attached hydrogen (secondary N) is 1. The van der Waals surface area contributed by atoms with E-state index in [0.29, 0.717) is 0 Å². The predicted octanol–water partition coefficient (Wildman–Crippen LogP) is 2.65. The quantitative estimate of drug-likeness (QED) is 0.194. The van der Waals surface area contributed by atoms with Gasteiger partial charge in [0.25, 0.3) is 0 Å². The largest absolute Gasteiger partial charge is 0.506 e. The summed E-state index contributed by atoms with van der Waals surface area (Å²) in [6.07, 6.45) is -0.739. The Morgan fingerprint density at radius 1 is 0.920 bits per heavy atom. The number of aliphatic hydroxyl groups excluding tert-OH is 1. The normalized spacial score (nSPS) is 9.72. The van der Waals surface area contributed by atoms with Crippen LogP contribution in [0.15, 0.2) is 29.8 Å². The molecule has 136 valence electrons. The number of ether oxygens (including phenoxy) is 3. The molecule has 0 heterocycles. The van der Waals surface area contributed by atoms with Crippen molar-refractivity contribution in [2.45, 2.75) is 20.8 Å². The standard InChI is InChI=1S/C17H21NO7/c1-4-23-15(20)13(16(21)24-5-2)14(19)11-9-7-8-10-12(11)18-17(22)25-6-3/h7-10,19H,4-6H2,1-3H3,(H,18,22). The maximum atomic E-state index is 12.1. The van der Waals surface area contributed by atoms with Crippen LogP contribution in [0.5, 0.6) is 0 Å². The summed E-state index contributed by atoms with van der Waals surface area (Å²) in [7, 11) is 0. The van der Waals surface area contributed by atoms with Crippen molar-refractivity contribution in [1.82, 2.24) is 0 Å². The second kappa shape index (κ2) is 9.96. The smallest absolute Gasteiger partial charge is 0.411 e. The molecule has 0 aliphatic heterocycles. The number of aliphatic hydroxyl groups is 1. The summed E-state index contributed by atoms with van der Waals surface area (Å²) in [4.78, 5) is 35.7. The molecule has 1 aromatic rings. The minimum absolute atomic E-state index is 0.0116. The molecule has 0 fully saturated rings. The third-order valence-electron chi connectivity index (χ3n) is 2.89. The number of amides is 1. The van der Waals surface area contributed by atoms with Gasteiger partial charge in [0, 0.05) is 5.56 Å². The molecule has 0 bridgehead atoms. The first kappa shape index (κ1) is 20.0. The van der Waals surface area contributed by atoms with Gasteiger partial charge in [0.15, 0.2) is 5.57 Å². The summed E-state index contributed by atoms with van der Waals surface area (Å²) in [5.41, 5.74) is -0.446. The molecule has 2 N–H and O–H groups in total. The lowest BCUT2D eigenvalue weighted by atomic mass is 10.1. The Kier molecular flexibility index (Phi) is 7.98. The third-order valence-corrected chi connectivity index (χ3v) is 2.89. The van der Waals surface area contributed by atoms with Gasteiger partial charge in [0.1, 0.15) is 5.76 Å². The van der Waals surface area contributed by atoms with Crippen molar-refractivity contribution in [3.05, 3.63) is 35.4 Å². The number of hydrogen-bond donors (Lipinski definition) is 2. The molecule has 1 aromatic carbocycles. The first-order valence-corrected chi connectivity index (χ1v) is 7.76. The van der Waals surface area contributed by atoms with Crippen LogP contribution in [0.4, 0.5) is 10.5 Å². The molecule has 0 aliphatic rings. The lowest BCUT2D eigenvalue weighted by molar-refractivity contribution is -0.146. The number of esters is 2. The lowest BCUT2D eigenvalue weighted by Crippen LogP contribution is -2.21. The number of para-hydroxylation sites is 1. The predicted molar refractivity (Wildman–Crippen MR) is 89.9 cm³/mol. The van der Waals surface area contributed by atoms with Crippen LogP contribution in [0, 0.1) is 0 Å². The molecule has 0 spiro atoms. The highest BCUT2D eigenvalue weighted by atomic mass is 16.6. The average Bonchev–Trinajstić information content (AvgIpc) is 2.56. The molecule has 0 saturated carbocycles. The fourth-order valence-electron chi connectivity index (χ4n) is 1.89. The van der Waals surface area contributed by atoms with Crippen LogP contribution in [-0.2, 0) is 23.8 Å². The van der Waals surface area contributed by atoms with Crippen molar-refractivity contribution in [3.8, 4) is 0 Å². The van der Waals surface area contributed by atoms with E-state index in [0.717, 1.165) is 0 Å². The van der Waals surface area contributed by atoms with Crippen LogP contribution in [0.2, 0.25) is 0 Å². The molecule has 0 aromatic heterocycles. The summed E-state index contributed by atoms with van der Waals surface area (Å²) < 4.78 is 14.4. The molecule has 0 saturated heterocycles. The van der Waals surface area contributed by atoms with E-state index in [1.165, 1.54) is 12.1 Å². The monoisotopic (exact) mass is 351 g/mol. The van der Waals surface area contributed by atoms with Gasteiger partial charge >= 0.3 is 18.0 Å². The van der Waals surface area contributed by atoms with E-state index in [9.17, 15) is 19.5 Å². The van der Waals surface area contributed by atoms with Crippen LogP contribution < -0.4 is 5.32 Å². The average molecular weight is 351 g/mol. The zero-order chi connectivity index (χ0) is 18.8. The van der Waals surface area contributed by atoms with Gasteiger partial charge in [-0.1, -0.05) is 12.1 Å². The molecule has 1 amide bonds. The molecule has 8 heteroatoms. The molecule has 0 atom stereocenters. The highest BCUT2D eigenvalue weighted by Gasteiger charge is 2.28. The van der Waals surface area contributed by atoms with Crippen molar-refractivity contribution in [2.75, 3.05) is 25.1 Å². The third kappa shape index (κ3) is 5.52. The molecule has 25 heavy (non-hydrogen) atoms. The van der Waals surface area contributed by atoms with E-state index in [-0.39, 0.29) is 31.1 Å². The van der Waals surface area contributed by atoms with E-state index in [2.05, 4.69) is 5.32 Å². The van der Waals surface area contributed by atoms with Gasteiger partial charge in [0.05, 0.1) is 25.5 Å². The van der Waals surface area contributed by atoms with E-state index in [1.807, 2.05) is 0 Å². The first-order chi connectivity index (χ1) is 12.0. The summed E-state index contributed by atoms with van der Waals surface area (Å²) in [6, 6.07) is 6.08. The Morgan fingerprint density at radius 2 is 1.44 bits per heavy atom. The highest BCUT2D eigenvalue weighted by molar-refractivity contribution is 6.19. The fourth-order valence-corrected chi connectivity index (χ4v) is 1.89. The second-order valence-electron chi connectivity index (χ2n) is 4.56. The van der Waals surface area contributed by atoms with Gasteiger partial charge in [-0.2, -0.15) is 0 Å². The number of hydrogen-bond acceptors (Lipinski definition) is 7. The molecule has 8 nitrogen and oxygen atoms in total. The second-order valence-corrected chi connectivity index (χ2v) is 4.56. The summed E-state index contributed by atoms with van der Waals surface area (Å²) in [6.45, 7) is 4.95. The highest BCUT2D eigenvalue weighted by Crippen LogP contribution is 2.26. The lowest BCUT2D eigenvalue weighted by Gasteiger charge is -2.13. The number of carbonyl (C=O) groups excluding carboxylic acids is 3. The van der Waals surface area contributed by atoms with Crippen LogP contribution in [0.3, 0.4) is 0 Å². The number of rotatable bonds is 7. The van der Waals surface area contributed by atoms with E-state index >= 15 is 0 Å². The Morgan fingerprint density at radius 3 is 1.96 bits per heavy atom. The summed E-state index contributed by atoms with van der Waals surface area (Å²) in [5, 5.41) is 12.9. The van der Waals surface area contributed by atoms with Gasteiger partial charge in [-0.15, -0.1) is 0 Å². The van der Waals surface area contributed by atoms with Crippen LogP contribution in [0.1, 0.15) is 26.3 Å². The molecule has 0 unspecified atom stereocenters. The summed E-state index contributed by atoms with van der Waals surface area (Å²) in [5.74, 6) is -2.71. The maximum absolute atomic E-state index is 12.1. The Balaban J connectivity index is 3.36. The van der Waals surface area contributed by atoms with E-state index in [1.54, 1.807) is 32.9 Å². The molecular weight excluding hydrogens is 330 g/mol. The zero-order valence-electron chi connectivity index (χ0n) is 14.3. The summed E-state index contributed by atoms with van der Waals surface area (Å²) >= 11 is 0. The Labute approximate surface area is 145 Å². The minimum atomic E-state index is -1.02. The molecule has 1 rings (SSSR count). The SMILES string of the molecule is CCOC(=O)Nc1ccccc1C(O)=C(C(=O)OCC)C(=O)OCC. The van der Waals surface area contributed by atoms with Gasteiger partial charge in [-0.05, 0) is 32.9 Å². The van der Waals surface area contributed by atoms with Crippen molar-refractivity contribution in [1.29, 1.82) is 0 Å². The molecule has 0 aliphatic carbocycles. The van der Waals surface area contributed by atoms with Gasteiger partial charge < -0.3 is 19.3 Å². The van der Waals surface area contributed by atoms with Crippen molar-refractivity contribution < 1.29 is 33.7 Å². The Hall–Kier alpha value is -3.03. The van der Waals surface area contributed by atoms with Crippen molar-refractivity contribution in [2.24, 2.45) is 0 Å². The van der Waals surface area contributed by atoms with Crippen molar-refractivity contribution >= 4 is 29.5 Å². The van der Waals surface area contributed by atoms with Gasteiger partial charge in [-0.25, -0.2) is 14.4 Å². The number of carbonyl (C=O) groups is 3. The Bertz CT molecular complexity index is 647. The topological polar surface area (TPSA) is 111 Å². The van der Waals surface area contributed by atoms with E-state index < -0.39 is 29.4 Å². The zero-order valence-corrected chi connectivity index (χ0v) is 14.3. The first-order valence-electron chi connectivity index (χ1n) is 7.76. The van der Waals surface area contributed by atoms with Gasteiger partial charge in [0.2, 0.25) is 0 Å². The molecule has 0 radical (unpaired) electrons. The maximum Gasteiger partial charge on any atom is 0.411 e. The van der Waals surface area contributed by atoms with E-state index in [4.69, 9.17) is 14.2 Å². The van der Waals surface area contributed by atoms with Crippen LogP contribution in [-0.4, -0.2) is 43.0 Å². The number of anilines is 1.